The van der Waals surface area contributed by atoms with Gasteiger partial charge in [-0.1, -0.05) is 13.8 Å². The van der Waals surface area contributed by atoms with Crippen LogP contribution < -0.4 is 5.73 Å². The fourth-order valence-corrected chi connectivity index (χ4v) is 3.64. The van der Waals surface area contributed by atoms with E-state index in [1.165, 1.54) is 14.2 Å². The van der Waals surface area contributed by atoms with Crippen molar-refractivity contribution in [3.05, 3.63) is 0 Å². The number of nitrogens with two attached hydrogens (primary N) is 1. The lowest BCUT2D eigenvalue weighted by Crippen LogP contribution is -2.57. The van der Waals surface area contributed by atoms with Crippen molar-refractivity contribution in [1.29, 1.82) is 0 Å². The van der Waals surface area contributed by atoms with E-state index in [0.717, 1.165) is 12.8 Å². The summed E-state index contributed by atoms with van der Waals surface area (Å²) in [6.07, 6.45) is 1.86. The highest BCUT2D eigenvalue weighted by Crippen LogP contribution is 2.22. The second-order valence-electron chi connectivity index (χ2n) is 5.14. The topological polar surface area (TPSA) is 72.2 Å². The van der Waals surface area contributed by atoms with Crippen LogP contribution in [0.25, 0.3) is 0 Å². The van der Waals surface area contributed by atoms with Gasteiger partial charge in [-0.05, 0) is 24.8 Å². The first-order chi connectivity index (χ1) is 8.91. The van der Waals surface area contributed by atoms with E-state index in [1.54, 1.807) is 14.2 Å². The van der Waals surface area contributed by atoms with E-state index in [4.69, 9.17) is 28.5 Å². The molecule has 0 unspecified atom stereocenters. The molecular weight excluding hydrogens is 266 g/mol. The zero-order valence-electron chi connectivity index (χ0n) is 13.0. The van der Waals surface area contributed by atoms with Gasteiger partial charge < -0.3 is 28.5 Å². The van der Waals surface area contributed by atoms with Gasteiger partial charge in [0.05, 0.1) is 0 Å². The molecule has 0 saturated carbocycles. The molecule has 0 aromatic heterocycles. The highest BCUT2D eigenvalue weighted by molar-refractivity contribution is 6.61. The minimum absolute atomic E-state index is 0.121. The first-order valence-corrected chi connectivity index (χ1v) is 8.21. The lowest BCUT2D eigenvalue weighted by molar-refractivity contribution is -0.105. The van der Waals surface area contributed by atoms with Crippen LogP contribution in [0.15, 0.2) is 0 Å². The van der Waals surface area contributed by atoms with Crippen LogP contribution in [0.4, 0.5) is 0 Å². The van der Waals surface area contributed by atoms with Gasteiger partial charge in [-0.25, -0.2) is 0 Å². The third kappa shape index (κ3) is 5.86. The molecule has 0 amide bonds. The molecule has 0 aliphatic heterocycles. The minimum Gasteiger partial charge on any atom is -0.374 e. The molecule has 19 heavy (non-hydrogen) atoms. The normalized spacial score (nSPS) is 13.3. The first-order valence-electron chi connectivity index (χ1n) is 6.41. The molecule has 2 N–H and O–H groups in total. The summed E-state index contributed by atoms with van der Waals surface area (Å²) in [5.41, 5.74) is 5.82. The van der Waals surface area contributed by atoms with Crippen molar-refractivity contribution < 1.29 is 22.8 Å². The van der Waals surface area contributed by atoms with Crippen LogP contribution in [0.5, 0.6) is 0 Å². The average Bonchev–Trinajstić information content (AvgIpc) is 2.42. The molecule has 0 aromatic carbocycles. The summed E-state index contributed by atoms with van der Waals surface area (Å²) in [5, 5.41) is 0. The van der Waals surface area contributed by atoms with Crippen molar-refractivity contribution in [1.82, 2.24) is 0 Å². The summed E-state index contributed by atoms with van der Waals surface area (Å²) in [6, 6.07) is 0. The molecule has 0 atom stereocenters. The van der Waals surface area contributed by atoms with E-state index in [2.05, 4.69) is 13.8 Å². The minimum atomic E-state index is -2.96. The van der Waals surface area contributed by atoms with Crippen molar-refractivity contribution in [2.75, 3.05) is 41.6 Å². The Kier molecular flexibility index (Phi) is 9.00. The predicted octanol–water partition coefficient (Wildman–Crippen LogP) is 1.16. The van der Waals surface area contributed by atoms with Crippen LogP contribution in [-0.2, 0) is 22.8 Å². The van der Waals surface area contributed by atoms with Gasteiger partial charge in [-0.15, -0.1) is 0 Å². The molecule has 0 aliphatic rings. The van der Waals surface area contributed by atoms with Crippen LogP contribution in [0.1, 0.15) is 26.7 Å². The lowest BCUT2D eigenvalue weighted by atomic mass is 9.88. The summed E-state index contributed by atoms with van der Waals surface area (Å²) >= 11 is 0. The van der Waals surface area contributed by atoms with Gasteiger partial charge in [-0.2, -0.15) is 0 Å². The largest absolute Gasteiger partial charge is 0.559 e. The molecule has 116 valence electrons. The van der Waals surface area contributed by atoms with Gasteiger partial charge >= 0.3 is 8.80 Å². The number of hydrogen-bond acceptors (Lipinski definition) is 6. The van der Waals surface area contributed by atoms with E-state index in [9.17, 15) is 0 Å². The molecule has 0 bridgehead atoms. The third-order valence-corrected chi connectivity index (χ3v) is 5.93. The van der Waals surface area contributed by atoms with Gasteiger partial charge in [0.1, 0.15) is 0 Å². The van der Waals surface area contributed by atoms with Crippen molar-refractivity contribution in [2.24, 2.45) is 11.1 Å². The Morgan fingerprint density at radius 3 is 1.95 bits per heavy atom. The number of methoxy groups -OCH3 is 2. The van der Waals surface area contributed by atoms with Crippen LogP contribution in [0, 0.1) is 5.41 Å². The number of hydrogen-bond donors (Lipinski definition) is 1. The van der Waals surface area contributed by atoms with Gasteiger partial charge in [0.15, 0.2) is 0 Å². The summed E-state index contributed by atoms with van der Waals surface area (Å²) < 4.78 is 27.1. The Balaban J connectivity index is 4.37. The maximum atomic E-state index is 5.82. The second-order valence-corrected chi connectivity index (χ2v) is 7.92. The molecule has 6 nitrogen and oxygen atoms in total. The monoisotopic (exact) mass is 295 g/mol. The summed E-state index contributed by atoms with van der Waals surface area (Å²) in [7, 11) is 3.21. The van der Waals surface area contributed by atoms with Crippen molar-refractivity contribution in [3.8, 4) is 0 Å². The third-order valence-electron chi connectivity index (χ3n) is 3.14. The SMILES string of the molecule is COC(OC)[Si](OC)(OC)OCCCC(C)(C)CN. The van der Waals surface area contributed by atoms with E-state index in [-0.39, 0.29) is 5.41 Å². The standard InChI is InChI=1S/C12H29NO5Si/c1-12(2,10-13)8-7-9-18-19(16-5,17-6)11(14-3)15-4/h11H,7-10,13H2,1-6H3. The predicted molar refractivity (Wildman–Crippen MR) is 75.6 cm³/mol. The van der Waals surface area contributed by atoms with Crippen LogP contribution in [-0.4, -0.2) is 56.3 Å². The van der Waals surface area contributed by atoms with Gasteiger partial charge in [0.25, 0.3) is 0 Å². The molecule has 0 heterocycles. The Hall–Kier alpha value is -0.0231. The average molecular weight is 295 g/mol. The molecule has 0 aliphatic carbocycles. The maximum absolute atomic E-state index is 5.82. The summed E-state index contributed by atoms with van der Waals surface area (Å²) in [5.74, 6) is -0.620. The summed E-state index contributed by atoms with van der Waals surface area (Å²) in [4.78, 5) is 0. The maximum Gasteiger partial charge on any atom is 0.559 e. The molecule has 0 aromatic rings. The number of rotatable bonds is 11. The molecule has 0 rings (SSSR count). The van der Waals surface area contributed by atoms with E-state index >= 15 is 0 Å². The van der Waals surface area contributed by atoms with Crippen LogP contribution in [0.2, 0.25) is 0 Å². The van der Waals surface area contributed by atoms with Crippen molar-refractivity contribution in [2.45, 2.75) is 32.6 Å². The van der Waals surface area contributed by atoms with Crippen molar-refractivity contribution >= 4 is 8.80 Å². The Labute approximate surface area is 117 Å². The highest BCUT2D eigenvalue weighted by Gasteiger charge is 2.50. The molecule has 0 saturated heterocycles. The first kappa shape index (κ1) is 19.0. The van der Waals surface area contributed by atoms with Crippen molar-refractivity contribution in [3.63, 3.8) is 0 Å². The highest BCUT2D eigenvalue weighted by atomic mass is 28.4. The number of ether oxygens (including phenoxy) is 2. The van der Waals surface area contributed by atoms with Gasteiger partial charge in [-0.3, -0.25) is 0 Å². The second kappa shape index (κ2) is 9.01. The molecule has 7 heteroatoms. The molecular formula is C12H29NO5Si. The zero-order chi connectivity index (χ0) is 14.9. The van der Waals surface area contributed by atoms with Crippen LogP contribution >= 0.6 is 0 Å². The lowest BCUT2D eigenvalue weighted by Gasteiger charge is -2.31. The van der Waals surface area contributed by atoms with E-state index in [0.29, 0.717) is 13.2 Å². The van der Waals surface area contributed by atoms with E-state index < -0.39 is 14.7 Å². The van der Waals surface area contributed by atoms with Crippen LogP contribution in [0.3, 0.4) is 0 Å². The molecule has 0 radical (unpaired) electrons. The Morgan fingerprint density at radius 2 is 1.58 bits per heavy atom. The van der Waals surface area contributed by atoms with Gasteiger partial charge in [0.2, 0.25) is 5.91 Å². The zero-order valence-corrected chi connectivity index (χ0v) is 14.0. The Bertz CT molecular complexity index is 232. The fourth-order valence-electron chi connectivity index (χ4n) is 1.71. The van der Waals surface area contributed by atoms with E-state index in [1.807, 2.05) is 0 Å². The van der Waals surface area contributed by atoms with Gasteiger partial charge in [0, 0.05) is 35.0 Å². The molecule has 0 spiro atoms. The Morgan fingerprint density at radius 1 is 1.05 bits per heavy atom. The summed E-state index contributed by atoms with van der Waals surface area (Å²) in [6.45, 7) is 5.46. The molecule has 0 fully saturated rings. The fraction of sp³-hybridized carbons (Fsp3) is 1.00. The smallest absolute Gasteiger partial charge is 0.374 e. The quantitative estimate of drug-likeness (QED) is 0.350.